The van der Waals surface area contributed by atoms with Crippen LogP contribution >= 0.6 is 0 Å². The Kier molecular flexibility index (Phi) is 5.32. The second-order valence-electron chi connectivity index (χ2n) is 3.92. The van der Waals surface area contributed by atoms with E-state index in [9.17, 15) is 18.0 Å². The number of alkyl halides is 3. The van der Waals surface area contributed by atoms with Crippen LogP contribution in [-0.2, 0) is 22.5 Å². The summed E-state index contributed by atoms with van der Waals surface area (Å²) in [6.45, 7) is 3.07. The Balaban J connectivity index is 3.13. The number of hydrogen-bond donors (Lipinski definition) is 1. The van der Waals surface area contributed by atoms with Crippen LogP contribution in [0.25, 0.3) is 0 Å². The maximum absolute atomic E-state index is 12.3. The van der Waals surface area contributed by atoms with E-state index >= 15 is 0 Å². The highest BCUT2D eigenvalue weighted by atomic mass is 19.4. The van der Waals surface area contributed by atoms with Crippen LogP contribution in [0.3, 0.4) is 0 Å². The molecule has 0 bridgehead atoms. The number of carbonyl (C=O) groups is 1. The van der Waals surface area contributed by atoms with Crippen LogP contribution in [0.15, 0.2) is 6.07 Å². The summed E-state index contributed by atoms with van der Waals surface area (Å²) in [5.41, 5.74) is 5.90. The Hall–Kier alpha value is -1.83. The highest BCUT2D eigenvalue weighted by molar-refractivity contribution is 5.72. The molecule has 0 spiro atoms. The summed E-state index contributed by atoms with van der Waals surface area (Å²) in [4.78, 5) is 15.5. The molecule has 0 amide bonds. The highest BCUT2D eigenvalue weighted by Crippen LogP contribution is 2.28. The molecule has 0 aromatic carbocycles. The minimum absolute atomic E-state index is 0.0426. The molecule has 2 N–H and O–H groups in total. The first-order valence-corrected chi connectivity index (χ1v) is 5.87. The Labute approximate surface area is 113 Å². The SMILES string of the molecule is CCOC(=O)Cc1nc(C)cc(OC(F)(F)F)c1CN. The fourth-order valence-electron chi connectivity index (χ4n) is 1.66. The van der Waals surface area contributed by atoms with Crippen LogP contribution in [0.5, 0.6) is 5.75 Å². The number of nitrogens with zero attached hydrogens (tertiary/aromatic N) is 1. The van der Waals surface area contributed by atoms with E-state index in [0.29, 0.717) is 5.69 Å². The summed E-state index contributed by atoms with van der Waals surface area (Å²) >= 11 is 0. The van der Waals surface area contributed by atoms with Crippen molar-refractivity contribution in [3.8, 4) is 5.75 Å². The number of pyridine rings is 1. The largest absolute Gasteiger partial charge is 0.573 e. The van der Waals surface area contributed by atoms with Gasteiger partial charge in [-0.2, -0.15) is 0 Å². The number of aromatic nitrogens is 1. The normalized spacial score (nSPS) is 11.3. The van der Waals surface area contributed by atoms with Crippen molar-refractivity contribution in [3.05, 3.63) is 23.0 Å². The molecule has 1 rings (SSSR count). The quantitative estimate of drug-likeness (QED) is 0.838. The molecule has 5 nitrogen and oxygen atoms in total. The topological polar surface area (TPSA) is 74.4 Å². The van der Waals surface area contributed by atoms with Gasteiger partial charge in [0.15, 0.2) is 0 Å². The van der Waals surface area contributed by atoms with E-state index in [-0.39, 0.29) is 30.8 Å². The first-order chi connectivity index (χ1) is 9.26. The third-order valence-electron chi connectivity index (χ3n) is 2.34. The van der Waals surface area contributed by atoms with E-state index in [1.165, 1.54) is 6.92 Å². The lowest BCUT2D eigenvalue weighted by Gasteiger charge is -2.16. The third-order valence-corrected chi connectivity index (χ3v) is 2.34. The predicted octanol–water partition coefficient (Wildman–Crippen LogP) is 1.85. The van der Waals surface area contributed by atoms with E-state index in [2.05, 4.69) is 9.72 Å². The van der Waals surface area contributed by atoms with Crippen molar-refractivity contribution in [3.63, 3.8) is 0 Å². The highest BCUT2D eigenvalue weighted by Gasteiger charge is 2.33. The lowest BCUT2D eigenvalue weighted by molar-refractivity contribution is -0.274. The number of aryl methyl sites for hydroxylation is 1. The fraction of sp³-hybridized carbons (Fsp3) is 0.500. The molecule has 0 aliphatic heterocycles. The zero-order chi connectivity index (χ0) is 15.3. The van der Waals surface area contributed by atoms with Crippen molar-refractivity contribution in [1.82, 2.24) is 4.98 Å². The van der Waals surface area contributed by atoms with E-state index < -0.39 is 18.1 Å². The van der Waals surface area contributed by atoms with Gasteiger partial charge in [-0.05, 0) is 13.8 Å². The Morgan fingerprint density at radius 2 is 2.10 bits per heavy atom. The lowest BCUT2D eigenvalue weighted by Crippen LogP contribution is -2.21. The molecule has 1 aromatic heterocycles. The van der Waals surface area contributed by atoms with E-state index in [1.54, 1.807) is 6.92 Å². The molecule has 0 aliphatic rings. The molecular weight excluding hydrogens is 277 g/mol. The van der Waals surface area contributed by atoms with Crippen LogP contribution in [0, 0.1) is 6.92 Å². The van der Waals surface area contributed by atoms with E-state index in [4.69, 9.17) is 10.5 Å². The smallest absolute Gasteiger partial charge is 0.466 e. The van der Waals surface area contributed by atoms with Gasteiger partial charge in [0.1, 0.15) is 5.75 Å². The second-order valence-corrected chi connectivity index (χ2v) is 3.92. The van der Waals surface area contributed by atoms with Gasteiger partial charge in [-0.15, -0.1) is 13.2 Å². The summed E-state index contributed by atoms with van der Waals surface area (Å²) in [5.74, 6) is -1.02. The number of nitrogens with two attached hydrogens (primary N) is 1. The van der Waals surface area contributed by atoms with Crippen molar-refractivity contribution in [2.45, 2.75) is 33.2 Å². The van der Waals surface area contributed by atoms with Crippen LogP contribution in [0.1, 0.15) is 23.9 Å². The summed E-state index contributed by atoms with van der Waals surface area (Å²) < 4.78 is 45.6. The summed E-state index contributed by atoms with van der Waals surface area (Å²) in [6, 6.07) is 1.13. The van der Waals surface area contributed by atoms with Gasteiger partial charge in [0, 0.05) is 23.9 Å². The average molecular weight is 292 g/mol. The van der Waals surface area contributed by atoms with Gasteiger partial charge in [0.25, 0.3) is 0 Å². The number of hydrogen-bond acceptors (Lipinski definition) is 5. The monoisotopic (exact) mass is 292 g/mol. The molecule has 0 unspecified atom stereocenters. The Morgan fingerprint density at radius 1 is 1.45 bits per heavy atom. The average Bonchev–Trinajstić information content (AvgIpc) is 2.26. The van der Waals surface area contributed by atoms with Gasteiger partial charge >= 0.3 is 12.3 Å². The van der Waals surface area contributed by atoms with Crippen LogP contribution in [0.4, 0.5) is 13.2 Å². The van der Waals surface area contributed by atoms with Crippen LogP contribution in [-0.4, -0.2) is 23.9 Å². The standard InChI is InChI=1S/C12H15F3N2O3/c1-3-19-11(18)5-9-8(6-16)10(4-7(2)17-9)20-12(13,14)15/h4H,3,5-6,16H2,1-2H3. The number of ether oxygens (including phenoxy) is 2. The summed E-state index contributed by atoms with van der Waals surface area (Å²) in [6.07, 6.45) is -5.09. The molecule has 0 fully saturated rings. The van der Waals surface area contributed by atoms with E-state index in [0.717, 1.165) is 6.07 Å². The first kappa shape index (κ1) is 16.2. The molecule has 1 heterocycles. The Morgan fingerprint density at radius 3 is 2.60 bits per heavy atom. The number of esters is 1. The summed E-state index contributed by atoms with van der Waals surface area (Å²) in [7, 11) is 0. The molecule has 1 aromatic rings. The lowest BCUT2D eigenvalue weighted by atomic mass is 10.1. The van der Waals surface area contributed by atoms with Gasteiger partial charge in [-0.25, -0.2) is 0 Å². The van der Waals surface area contributed by atoms with Gasteiger partial charge in [0.2, 0.25) is 0 Å². The van der Waals surface area contributed by atoms with Gasteiger partial charge < -0.3 is 15.2 Å². The summed E-state index contributed by atoms with van der Waals surface area (Å²) in [5, 5.41) is 0. The van der Waals surface area contributed by atoms with Crippen molar-refractivity contribution < 1.29 is 27.4 Å². The minimum Gasteiger partial charge on any atom is -0.466 e. The molecule has 112 valence electrons. The molecular formula is C12H15F3N2O3. The molecule has 0 saturated carbocycles. The van der Waals surface area contributed by atoms with Crippen molar-refractivity contribution in [2.24, 2.45) is 5.73 Å². The molecule has 0 atom stereocenters. The van der Waals surface area contributed by atoms with Crippen LogP contribution in [0.2, 0.25) is 0 Å². The number of halogens is 3. The number of rotatable bonds is 5. The first-order valence-electron chi connectivity index (χ1n) is 5.87. The van der Waals surface area contributed by atoms with Gasteiger partial charge in [-0.3, -0.25) is 9.78 Å². The van der Waals surface area contributed by atoms with Gasteiger partial charge in [-0.1, -0.05) is 0 Å². The van der Waals surface area contributed by atoms with Crippen molar-refractivity contribution >= 4 is 5.97 Å². The second kappa shape index (κ2) is 6.56. The maximum Gasteiger partial charge on any atom is 0.573 e. The fourth-order valence-corrected chi connectivity index (χ4v) is 1.66. The zero-order valence-corrected chi connectivity index (χ0v) is 11.1. The number of carbonyl (C=O) groups excluding carboxylic acids is 1. The predicted molar refractivity (Wildman–Crippen MR) is 63.9 cm³/mol. The minimum atomic E-state index is -4.83. The third kappa shape index (κ3) is 4.69. The Bertz CT molecular complexity index is 490. The van der Waals surface area contributed by atoms with Crippen LogP contribution < -0.4 is 10.5 Å². The molecule has 0 saturated heterocycles. The van der Waals surface area contributed by atoms with E-state index in [1.807, 2.05) is 0 Å². The zero-order valence-electron chi connectivity index (χ0n) is 11.1. The maximum atomic E-state index is 12.3. The molecule has 0 aliphatic carbocycles. The van der Waals surface area contributed by atoms with Crippen molar-refractivity contribution in [1.29, 1.82) is 0 Å². The van der Waals surface area contributed by atoms with Crippen molar-refractivity contribution in [2.75, 3.05) is 6.61 Å². The molecule has 8 heteroatoms. The molecule has 20 heavy (non-hydrogen) atoms. The van der Waals surface area contributed by atoms with Gasteiger partial charge in [0.05, 0.1) is 18.7 Å². The molecule has 0 radical (unpaired) electrons.